The van der Waals surface area contributed by atoms with Crippen LogP contribution < -0.4 is 5.73 Å². The van der Waals surface area contributed by atoms with Gasteiger partial charge in [0.05, 0.1) is 0 Å². The van der Waals surface area contributed by atoms with Gasteiger partial charge in [-0.05, 0) is 19.3 Å². The molecule has 0 aliphatic heterocycles. The Hall–Kier alpha value is -0.300. The summed E-state index contributed by atoms with van der Waals surface area (Å²) in [7, 11) is 0. The highest BCUT2D eigenvalue weighted by atomic mass is 14.7. The Morgan fingerprint density at radius 2 is 2.17 bits per heavy atom. The van der Waals surface area contributed by atoms with E-state index in [-0.39, 0.29) is 5.54 Å². The molecule has 0 radical (unpaired) electrons. The van der Waals surface area contributed by atoms with Crippen molar-refractivity contribution in [1.82, 2.24) is 0 Å². The molecule has 0 amide bonds. The lowest BCUT2D eigenvalue weighted by molar-refractivity contribution is 0.447. The Labute approximate surface area is 76.0 Å². The van der Waals surface area contributed by atoms with Crippen molar-refractivity contribution in [2.75, 3.05) is 0 Å². The van der Waals surface area contributed by atoms with Gasteiger partial charge in [0, 0.05) is 5.54 Å². The van der Waals surface area contributed by atoms with E-state index in [1.807, 2.05) is 0 Å². The second-order valence-electron chi connectivity index (χ2n) is 3.98. The van der Waals surface area contributed by atoms with Crippen LogP contribution in [0.5, 0.6) is 0 Å². The summed E-state index contributed by atoms with van der Waals surface area (Å²) in [4.78, 5) is 0. The van der Waals surface area contributed by atoms with Crippen LogP contribution in [-0.4, -0.2) is 5.54 Å². The second-order valence-corrected chi connectivity index (χ2v) is 3.98. The summed E-state index contributed by atoms with van der Waals surface area (Å²) in [5, 5.41) is 0. The lowest BCUT2D eigenvalue weighted by atomic mass is 9.93. The molecule has 0 aromatic heterocycles. The smallest absolute Gasteiger partial charge is 0.0342 e. The van der Waals surface area contributed by atoms with Crippen LogP contribution in [0.15, 0.2) is 12.2 Å². The molecule has 0 aromatic rings. The van der Waals surface area contributed by atoms with E-state index >= 15 is 0 Å². The molecule has 0 bridgehead atoms. The number of hydrogen-bond acceptors (Lipinski definition) is 1. The molecule has 1 rings (SSSR count). The van der Waals surface area contributed by atoms with Crippen LogP contribution in [-0.2, 0) is 0 Å². The van der Waals surface area contributed by atoms with Crippen LogP contribution in [0.4, 0.5) is 0 Å². The van der Waals surface area contributed by atoms with Gasteiger partial charge in [-0.3, -0.25) is 0 Å². The molecule has 1 aliphatic carbocycles. The van der Waals surface area contributed by atoms with Crippen LogP contribution >= 0.6 is 0 Å². The SMILES string of the molecule is CCCCCCC1(N)C=CCC1. The molecule has 1 aliphatic rings. The molecule has 1 atom stereocenters. The number of allylic oxidation sites excluding steroid dienone is 1. The topological polar surface area (TPSA) is 26.0 Å². The third-order valence-electron chi connectivity index (χ3n) is 2.72. The maximum Gasteiger partial charge on any atom is 0.0342 e. The summed E-state index contributed by atoms with van der Waals surface area (Å²) < 4.78 is 0. The molecule has 0 saturated heterocycles. The minimum atomic E-state index is 0.0632. The summed E-state index contributed by atoms with van der Waals surface area (Å²) in [5.41, 5.74) is 6.22. The molecule has 0 spiro atoms. The molecule has 1 heteroatoms. The van der Waals surface area contributed by atoms with Crippen molar-refractivity contribution in [2.45, 2.75) is 57.4 Å². The first-order valence-electron chi connectivity index (χ1n) is 5.23. The van der Waals surface area contributed by atoms with Crippen molar-refractivity contribution < 1.29 is 0 Å². The van der Waals surface area contributed by atoms with E-state index < -0.39 is 0 Å². The fourth-order valence-electron chi connectivity index (χ4n) is 1.84. The van der Waals surface area contributed by atoms with Crippen molar-refractivity contribution in [3.05, 3.63) is 12.2 Å². The molecule has 70 valence electrons. The summed E-state index contributed by atoms with van der Waals surface area (Å²) in [6.45, 7) is 2.24. The van der Waals surface area contributed by atoms with Gasteiger partial charge >= 0.3 is 0 Å². The first kappa shape index (κ1) is 9.79. The first-order chi connectivity index (χ1) is 5.77. The van der Waals surface area contributed by atoms with Gasteiger partial charge in [-0.25, -0.2) is 0 Å². The highest BCUT2D eigenvalue weighted by Gasteiger charge is 2.23. The minimum absolute atomic E-state index is 0.0632. The second kappa shape index (κ2) is 4.66. The monoisotopic (exact) mass is 167 g/mol. The van der Waals surface area contributed by atoms with Crippen LogP contribution in [0.1, 0.15) is 51.9 Å². The normalized spacial score (nSPS) is 28.2. The van der Waals surface area contributed by atoms with E-state index in [2.05, 4.69) is 19.1 Å². The van der Waals surface area contributed by atoms with Crippen LogP contribution in [0.2, 0.25) is 0 Å². The minimum Gasteiger partial charge on any atom is -0.322 e. The third-order valence-corrected chi connectivity index (χ3v) is 2.72. The van der Waals surface area contributed by atoms with E-state index in [4.69, 9.17) is 5.73 Å². The molecule has 2 N–H and O–H groups in total. The Morgan fingerprint density at radius 3 is 2.75 bits per heavy atom. The molecular weight excluding hydrogens is 146 g/mol. The van der Waals surface area contributed by atoms with Gasteiger partial charge in [0.2, 0.25) is 0 Å². The molecular formula is C11H21N. The van der Waals surface area contributed by atoms with Gasteiger partial charge in [-0.2, -0.15) is 0 Å². The Bertz CT molecular complexity index is 151. The zero-order chi connectivity index (χ0) is 8.86. The number of nitrogens with two attached hydrogens (primary N) is 1. The average molecular weight is 167 g/mol. The highest BCUT2D eigenvalue weighted by Crippen LogP contribution is 2.25. The van der Waals surface area contributed by atoms with Gasteiger partial charge in [-0.1, -0.05) is 44.8 Å². The van der Waals surface area contributed by atoms with E-state index in [0.717, 1.165) is 0 Å². The molecule has 1 unspecified atom stereocenters. The Morgan fingerprint density at radius 1 is 1.33 bits per heavy atom. The lowest BCUT2D eigenvalue weighted by Gasteiger charge is -2.21. The quantitative estimate of drug-likeness (QED) is 0.494. The lowest BCUT2D eigenvalue weighted by Crippen LogP contribution is -2.34. The van der Waals surface area contributed by atoms with E-state index in [9.17, 15) is 0 Å². The van der Waals surface area contributed by atoms with E-state index in [1.165, 1.54) is 44.9 Å². The van der Waals surface area contributed by atoms with Gasteiger partial charge in [0.15, 0.2) is 0 Å². The van der Waals surface area contributed by atoms with Gasteiger partial charge < -0.3 is 5.73 Å². The predicted octanol–water partition coefficient (Wildman–Crippen LogP) is 3.00. The van der Waals surface area contributed by atoms with Crippen LogP contribution in [0.3, 0.4) is 0 Å². The van der Waals surface area contributed by atoms with Gasteiger partial charge in [0.25, 0.3) is 0 Å². The molecule has 1 nitrogen and oxygen atoms in total. The third kappa shape index (κ3) is 2.98. The average Bonchev–Trinajstić information content (AvgIpc) is 2.47. The first-order valence-corrected chi connectivity index (χ1v) is 5.23. The van der Waals surface area contributed by atoms with Crippen molar-refractivity contribution in [1.29, 1.82) is 0 Å². The number of rotatable bonds is 5. The number of unbranched alkanes of at least 4 members (excludes halogenated alkanes) is 3. The Balaban J connectivity index is 2.09. The maximum atomic E-state index is 6.15. The number of hydrogen-bond donors (Lipinski definition) is 1. The zero-order valence-electron chi connectivity index (χ0n) is 8.18. The molecule has 0 fully saturated rings. The molecule has 0 heterocycles. The summed E-state index contributed by atoms with van der Waals surface area (Å²) in [6, 6.07) is 0. The molecule has 12 heavy (non-hydrogen) atoms. The van der Waals surface area contributed by atoms with E-state index in [0.29, 0.717) is 0 Å². The van der Waals surface area contributed by atoms with Crippen molar-refractivity contribution in [2.24, 2.45) is 5.73 Å². The van der Waals surface area contributed by atoms with Crippen LogP contribution in [0, 0.1) is 0 Å². The largest absolute Gasteiger partial charge is 0.322 e. The maximum absolute atomic E-state index is 6.15. The fraction of sp³-hybridized carbons (Fsp3) is 0.818. The summed E-state index contributed by atoms with van der Waals surface area (Å²) in [5.74, 6) is 0. The van der Waals surface area contributed by atoms with Crippen molar-refractivity contribution in [3.63, 3.8) is 0 Å². The summed E-state index contributed by atoms with van der Waals surface area (Å²) >= 11 is 0. The Kier molecular flexibility index (Phi) is 3.80. The van der Waals surface area contributed by atoms with Crippen molar-refractivity contribution in [3.8, 4) is 0 Å². The molecule has 0 saturated carbocycles. The van der Waals surface area contributed by atoms with Gasteiger partial charge in [-0.15, -0.1) is 0 Å². The van der Waals surface area contributed by atoms with Crippen LogP contribution in [0.25, 0.3) is 0 Å². The highest BCUT2D eigenvalue weighted by molar-refractivity contribution is 5.11. The summed E-state index contributed by atoms with van der Waals surface area (Å²) in [6.07, 6.45) is 13.3. The standard InChI is InChI=1S/C11H21N/c1-2-3-4-5-8-11(12)9-6-7-10-11/h6,9H,2-5,7-8,10,12H2,1H3. The predicted molar refractivity (Wildman–Crippen MR) is 54.1 cm³/mol. The zero-order valence-corrected chi connectivity index (χ0v) is 8.18. The van der Waals surface area contributed by atoms with E-state index in [1.54, 1.807) is 0 Å². The molecule has 0 aromatic carbocycles. The fourth-order valence-corrected chi connectivity index (χ4v) is 1.84. The van der Waals surface area contributed by atoms with Gasteiger partial charge in [0.1, 0.15) is 0 Å². The van der Waals surface area contributed by atoms with Crippen molar-refractivity contribution >= 4 is 0 Å².